The maximum atomic E-state index is 11.4. The number of carboxylic acid groups (broad SMARTS) is 1. The van der Waals surface area contributed by atoms with Gasteiger partial charge in [-0.1, -0.05) is 0 Å². The summed E-state index contributed by atoms with van der Waals surface area (Å²) in [5.41, 5.74) is -0.595. The van der Waals surface area contributed by atoms with Crippen LogP contribution < -0.4 is 5.56 Å². The van der Waals surface area contributed by atoms with Crippen molar-refractivity contribution >= 4 is 17.3 Å². The topological polar surface area (TPSA) is 83.0 Å². The number of aromatic carboxylic acids is 1. The Balaban J connectivity index is 2.70. The number of aryl methyl sites for hydroxylation is 1. The van der Waals surface area contributed by atoms with E-state index in [9.17, 15) is 9.59 Å². The van der Waals surface area contributed by atoms with Crippen LogP contribution in [0.2, 0.25) is 0 Å². The Hall–Kier alpha value is -1.95. The van der Waals surface area contributed by atoms with Crippen molar-refractivity contribution < 1.29 is 9.90 Å². The van der Waals surface area contributed by atoms with Gasteiger partial charge in [-0.25, -0.2) is 9.89 Å². The highest BCUT2D eigenvalue weighted by atomic mass is 32.1. The van der Waals surface area contributed by atoms with Crippen LogP contribution in [0.15, 0.2) is 23.1 Å². The molecule has 2 aromatic rings. The standard InChI is InChI=1S/C10H8N2O3S/c1-5-2-3-7(16-5)6-4-11-12-9(13)8(6)10(14)15/h2-4H,1H3,(H,12,13)(H,14,15). The van der Waals surface area contributed by atoms with E-state index in [1.54, 1.807) is 6.07 Å². The Bertz CT molecular complexity index is 600. The number of H-pyrrole nitrogens is 1. The van der Waals surface area contributed by atoms with Crippen LogP contribution in [-0.2, 0) is 0 Å². The fourth-order valence-corrected chi connectivity index (χ4v) is 2.26. The monoisotopic (exact) mass is 236 g/mol. The zero-order chi connectivity index (χ0) is 11.7. The summed E-state index contributed by atoms with van der Waals surface area (Å²) in [5, 5.41) is 14.7. The Morgan fingerprint density at radius 1 is 1.50 bits per heavy atom. The number of nitrogens with one attached hydrogen (secondary N) is 1. The van der Waals surface area contributed by atoms with Gasteiger partial charge in [0.2, 0.25) is 0 Å². The number of carbonyl (C=O) groups is 1. The van der Waals surface area contributed by atoms with Gasteiger partial charge in [0.25, 0.3) is 5.56 Å². The van der Waals surface area contributed by atoms with E-state index in [-0.39, 0.29) is 5.56 Å². The van der Waals surface area contributed by atoms with Crippen molar-refractivity contribution in [2.75, 3.05) is 0 Å². The fraction of sp³-hybridized carbons (Fsp3) is 0.100. The van der Waals surface area contributed by atoms with Crippen LogP contribution in [0.3, 0.4) is 0 Å². The largest absolute Gasteiger partial charge is 0.477 e. The number of carboxylic acids is 1. The van der Waals surface area contributed by atoms with Gasteiger partial charge in [-0.3, -0.25) is 4.79 Å². The van der Waals surface area contributed by atoms with Crippen molar-refractivity contribution in [2.45, 2.75) is 6.92 Å². The molecule has 0 aliphatic heterocycles. The van der Waals surface area contributed by atoms with Gasteiger partial charge in [-0.15, -0.1) is 11.3 Å². The Labute approximate surface area is 94.4 Å². The minimum Gasteiger partial charge on any atom is -0.477 e. The lowest BCUT2D eigenvalue weighted by Crippen LogP contribution is -2.19. The van der Waals surface area contributed by atoms with Crippen LogP contribution in [0.4, 0.5) is 0 Å². The Morgan fingerprint density at radius 3 is 2.81 bits per heavy atom. The molecule has 0 aliphatic rings. The highest BCUT2D eigenvalue weighted by Crippen LogP contribution is 2.28. The molecule has 2 aromatic heterocycles. The van der Waals surface area contributed by atoms with Gasteiger partial charge in [0.05, 0.1) is 6.20 Å². The number of thiophene rings is 1. The molecule has 0 unspecified atom stereocenters. The van der Waals surface area contributed by atoms with Gasteiger partial charge in [-0.2, -0.15) is 5.10 Å². The highest BCUT2D eigenvalue weighted by molar-refractivity contribution is 7.15. The summed E-state index contributed by atoms with van der Waals surface area (Å²) in [4.78, 5) is 24.1. The van der Waals surface area contributed by atoms with Crippen LogP contribution in [0.5, 0.6) is 0 Å². The maximum Gasteiger partial charge on any atom is 0.342 e. The van der Waals surface area contributed by atoms with Crippen LogP contribution in [0.25, 0.3) is 10.4 Å². The quantitative estimate of drug-likeness (QED) is 0.827. The molecule has 16 heavy (non-hydrogen) atoms. The zero-order valence-corrected chi connectivity index (χ0v) is 9.17. The summed E-state index contributed by atoms with van der Waals surface area (Å²) in [6.07, 6.45) is 1.36. The number of rotatable bonds is 2. The van der Waals surface area contributed by atoms with Gasteiger partial charge in [0.15, 0.2) is 0 Å². The van der Waals surface area contributed by atoms with Crippen molar-refractivity contribution in [1.82, 2.24) is 10.2 Å². The Kier molecular flexibility index (Phi) is 2.57. The second kappa shape index (κ2) is 3.90. The molecular formula is C10H8N2O3S. The van der Waals surface area contributed by atoms with Crippen molar-refractivity contribution in [3.05, 3.63) is 39.1 Å². The molecule has 0 amide bonds. The second-order valence-corrected chi connectivity index (χ2v) is 4.49. The van der Waals surface area contributed by atoms with Gasteiger partial charge in [0, 0.05) is 15.3 Å². The number of hydrogen-bond donors (Lipinski definition) is 2. The van der Waals surface area contributed by atoms with E-state index in [0.29, 0.717) is 5.56 Å². The van der Waals surface area contributed by atoms with E-state index in [1.165, 1.54) is 17.5 Å². The summed E-state index contributed by atoms with van der Waals surface area (Å²) in [6, 6.07) is 3.65. The minimum absolute atomic E-state index is 0.267. The van der Waals surface area contributed by atoms with E-state index < -0.39 is 11.5 Å². The SMILES string of the molecule is Cc1ccc(-c2cn[nH]c(=O)c2C(=O)O)s1. The molecule has 82 valence electrons. The molecule has 0 bridgehead atoms. The first kappa shape index (κ1) is 10.6. The highest BCUT2D eigenvalue weighted by Gasteiger charge is 2.17. The summed E-state index contributed by atoms with van der Waals surface area (Å²) in [7, 11) is 0. The van der Waals surface area contributed by atoms with Crippen molar-refractivity contribution in [3.8, 4) is 10.4 Å². The average Bonchev–Trinajstić information content (AvgIpc) is 2.63. The lowest BCUT2D eigenvalue weighted by atomic mass is 10.1. The first-order valence-corrected chi connectivity index (χ1v) is 5.29. The molecule has 0 aliphatic carbocycles. The third kappa shape index (κ3) is 1.74. The molecule has 0 saturated carbocycles. The first-order valence-electron chi connectivity index (χ1n) is 4.47. The van der Waals surface area contributed by atoms with Crippen molar-refractivity contribution in [3.63, 3.8) is 0 Å². The molecule has 0 fully saturated rings. The van der Waals surface area contributed by atoms with Crippen LogP contribution in [0, 0.1) is 6.92 Å². The molecule has 5 nitrogen and oxygen atoms in total. The summed E-state index contributed by atoms with van der Waals surface area (Å²) < 4.78 is 0. The van der Waals surface area contributed by atoms with Gasteiger partial charge >= 0.3 is 5.97 Å². The molecule has 2 N–H and O–H groups in total. The third-order valence-electron chi connectivity index (χ3n) is 2.08. The van der Waals surface area contributed by atoms with Gasteiger partial charge in [-0.05, 0) is 19.1 Å². The number of nitrogens with zero attached hydrogens (tertiary/aromatic N) is 1. The van der Waals surface area contributed by atoms with Gasteiger partial charge < -0.3 is 5.11 Å². The molecule has 0 aromatic carbocycles. The molecule has 0 radical (unpaired) electrons. The summed E-state index contributed by atoms with van der Waals surface area (Å²) in [5.74, 6) is -1.25. The third-order valence-corrected chi connectivity index (χ3v) is 3.11. The molecule has 0 spiro atoms. The van der Waals surface area contributed by atoms with E-state index in [2.05, 4.69) is 10.2 Å². The summed E-state index contributed by atoms with van der Waals surface area (Å²) in [6.45, 7) is 1.91. The number of aromatic nitrogens is 2. The van der Waals surface area contributed by atoms with E-state index >= 15 is 0 Å². The lowest BCUT2D eigenvalue weighted by molar-refractivity contribution is 0.0695. The van der Waals surface area contributed by atoms with Crippen molar-refractivity contribution in [1.29, 1.82) is 0 Å². The fourth-order valence-electron chi connectivity index (χ4n) is 1.38. The van der Waals surface area contributed by atoms with E-state index in [0.717, 1.165) is 9.75 Å². The van der Waals surface area contributed by atoms with E-state index in [4.69, 9.17) is 5.11 Å². The predicted octanol–water partition coefficient (Wildman–Crippen LogP) is 1.51. The van der Waals surface area contributed by atoms with E-state index in [1.807, 2.05) is 13.0 Å². The number of aromatic amines is 1. The Morgan fingerprint density at radius 2 is 2.25 bits per heavy atom. The molecular weight excluding hydrogens is 228 g/mol. The first-order chi connectivity index (χ1) is 7.59. The molecule has 6 heteroatoms. The maximum absolute atomic E-state index is 11.4. The normalized spacial score (nSPS) is 10.3. The average molecular weight is 236 g/mol. The van der Waals surface area contributed by atoms with Crippen LogP contribution in [-0.4, -0.2) is 21.3 Å². The smallest absolute Gasteiger partial charge is 0.342 e. The molecule has 0 saturated heterocycles. The molecule has 2 heterocycles. The predicted molar refractivity (Wildman–Crippen MR) is 59.9 cm³/mol. The lowest BCUT2D eigenvalue weighted by Gasteiger charge is -2.00. The molecule has 2 rings (SSSR count). The zero-order valence-electron chi connectivity index (χ0n) is 8.35. The second-order valence-electron chi connectivity index (χ2n) is 3.20. The van der Waals surface area contributed by atoms with Crippen molar-refractivity contribution in [2.24, 2.45) is 0 Å². The number of hydrogen-bond acceptors (Lipinski definition) is 4. The minimum atomic E-state index is -1.25. The van der Waals surface area contributed by atoms with Crippen LogP contribution >= 0.6 is 11.3 Å². The molecule has 0 atom stereocenters. The summed E-state index contributed by atoms with van der Waals surface area (Å²) >= 11 is 1.42. The van der Waals surface area contributed by atoms with Gasteiger partial charge in [0.1, 0.15) is 5.56 Å². The van der Waals surface area contributed by atoms with Crippen LogP contribution in [0.1, 0.15) is 15.2 Å².